The van der Waals surface area contributed by atoms with Crippen LogP contribution in [0.4, 0.5) is 0 Å². The number of carboxylic acid groups (broad SMARTS) is 1. The van der Waals surface area contributed by atoms with Crippen LogP contribution in [0.3, 0.4) is 0 Å². The number of allylic oxidation sites excluding steroid dienone is 2. The quantitative estimate of drug-likeness (QED) is 0.109. The van der Waals surface area contributed by atoms with Crippen LogP contribution in [-0.4, -0.2) is 62.3 Å². The van der Waals surface area contributed by atoms with Crippen LogP contribution in [0.5, 0.6) is 11.5 Å². The van der Waals surface area contributed by atoms with E-state index in [0.29, 0.717) is 29.0 Å². The zero-order valence-electron chi connectivity index (χ0n) is 26.0. The number of aliphatic carboxylic acids is 1. The third-order valence-electron chi connectivity index (χ3n) is 7.98. The molecule has 9 nitrogen and oxygen atoms in total. The van der Waals surface area contributed by atoms with Crippen molar-refractivity contribution in [1.29, 1.82) is 5.26 Å². The lowest BCUT2D eigenvalue weighted by Crippen LogP contribution is -2.55. The number of carboxylic acids is 1. The molecule has 1 aliphatic carbocycles. The summed E-state index contributed by atoms with van der Waals surface area (Å²) in [6.07, 6.45) is 9.58. The maximum absolute atomic E-state index is 11.8. The number of alkyl halides is 2. The maximum Gasteiger partial charge on any atom is 0.326 e. The normalized spacial score (nSPS) is 20.1. The standard InChI is InChI=1S/C35H36BrCl2N3O6/c1-33(22-42,32(43)44)41-20-27-15-29(37)31(16-30(27)45-21-25-14-24(17-39)18-40-19-25)46-23-35(47-13-7-12-36)11-6-10-28(34(35,2)38)26-8-4-3-5-9-26/h3-6,8-11,14-16,18-19,41-42H,7,12-13,20-23H2,1-2H3,(H,43,44). The highest BCUT2D eigenvalue weighted by Crippen LogP contribution is 2.47. The average molecular weight is 745 g/mol. The van der Waals surface area contributed by atoms with Gasteiger partial charge in [-0.05, 0) is 49.6 Å². The van der Waals surface area contributed by atoms with E-state index in [4.69, 9.17) is 37.4 Å². The topological polar surface area (TPSA) is 134 Å². The summed E-state index contributed by atoms with van der Waals surface area (Å²) in [5.74, 6) is -0.582. The highest BCUT2D eigenvalue weighted by molar-refractivity contribution is 9.09. The average Bonchev–Trinajstić information content (AvgIpc) is 3.07. The summed E-state index contributed by atoms with van der Waals surface area (Å²) < 4.78 is 19.1. The molecule has 0 bridgehead atoms. The number of aliphatic hydroxyl groups is 1. The van der Waals surface area contributed by atoms with Gasteiger partial charge >= 0.3 is 5.97 Å². The summed E-state index contributed by atoms with van der Waals surface area (Å²) in [7, 11) is 0. The molecule has 0 aliphatic heterocycles. The van der Waals surface area contributed by atoms with E-state index in [1.165, 1.54) is 13.1 Å². The van der Waals surface area contributed by atoms with Gasteiger partial charge in [-0.3, -0.25) is 15.1 Å². The molecule has 12 heteroatoms. The Kier molecular flexibility index (Phi) is 12.5. The number of pyridine rings is 1. The van der Waals surface area contributed by atoms with Crippen molar-refractivity contribution >= 4 is 50.7 Å². The number of rotatable bonds is 16. The largest absolute Gasteiger partial charge is 0.488 e. The number of aliphatic hydroxyl groups excluding tert-OH is 1. The Morgan fingerprint density at radius 3 is 2.62 bits per heavy atom. The third-order valence-corrected chi connectivity index (χ3v) is 9.36. The molecule has 0 fully saturated rings. The van der Waals surface area contributed by atoms with Crippen molar-refractivity contribution < 1.29 is 29.2 Å². The van der Waals surface area contributed by atoms with Crippen LogP contribution in [0.15, 0.2) is 79.2 Å². The van der Waals surface area contributed by atoms with Gasteiger partial charge in [0.2, 0.25) is 0 Å². The minimum absolute atomic E-state index is 0.00243. The van der Waals surface area contributed by atoms with E-state index in [1.54, 1.807) is 24.4 Å². The molecular formula is C35H36BrCl2N3O6. The Morgan fingerprint density at radius 1 is 1.17 bits per heavy atom. The van der Waals surface area contributed by atoms with Crippen LogP contribution in [-0.2, 0) is 22.7 Å². The lowest BCUT2D eigenvalue weighted by molar-refractivity contribution is -0.145. The van der Waals surface area contributed by atoms with Gasteiger partial charge in [-0.25, -0.2) is 0 Å². The van der Waals surface area contributed by atoms with Crippen LogP contribution < -0.4 is 14.8 Å². The fraction of sp³-hybridized carbons (Fsp3) is 0.343. The molecule has 0 spiro atoms. The van der Waals surface area contributed by atoms with E-state index in [9.17, 15) is 20.3 Å². The Hall–Kier alpha value is -3.43. The van der Waals surface area contributed by atoms with Gasteiger partial charge in [-0.2, -0.15) is 5.26 Å². The third kappa shape index (κ3) is 8.54. The summed E-state index contributed by atoms with van der Waals surface area (Å²) in [6, 6.07) is 16.8. The second kappa shape index (κ2) is 16.1. The van der Waals surface area contributed by atoms with Gasteiger partial charge in [0.1, 0.15) is 46.8 Å². The fourth-order valence-corrected chi connectivity index (χ4v) is 5.78. The first kappa shape index (κ1) is 36.4. The number of hydrogen-bond acceptors (Lipinski definition) is 8. The highest BCUT2D eigenvalue weighted by atomic mass is 79.9. The summed E-state index contributed by atoms with van der Waals surface area (Å²) in [5.41, 5.74) is 0.687. The van der Waals surface area contributed by atoms with Gasteiger partial charge in [0, 0.05) is 48.1 Å². The fourth-order valence-electron chi connectivity index (χ4n) is 4.97. The van der Waals surface area contributed by atoms with Crippen molar-refractivity contribution in [3.8, 4) is 17.6 Å². The molecule has 1 heterocycles. The minimum Gasteiger partial charge on any atom is -0.488 e. The molecule has 0 amide bonds. The molecule has 4 rings (SSSR count). The summed E-state index contributed by atoms with van der Waals surface area (Å²) in [5, 5.41) is 32.5. The second-order valence-electron chi connectivity index (χ2n) is 11.4. The lowest BCUT2D eigenvalue weighted by atomic mass is 9.76. The maximum atomic E-state index is 11.8. The molecule has 0 saturated carbocycles. The molecule has 3 N–H and O–H groups in total. The molecule has 0 radical (unpaired) electrons. The Morgan fingerprint density at radius 2 is 1.94 bits per heavy atom. The molecule has 1 aliphatic rings. The smallest absolute Gasteiger partial charge is 0.326 e. The number of nitriles is 1. The summed E-state index contributed by atoms with van der Waals surface area (Å²) in [6.45, 7) is 3.12. The lowest BCUT2D eigenvalue weighted by Gasteiger charge is -2.45. The van der Waals surface area contributed by atoms with E-state index in [-0.39, 0.29) is 30.5 Å². The minimum atomic E-state index is -1.61. The van der Waals surface area contributed by atoms with E-state index in [1.807, 2.05) is 55.5 Å². The Labute approximate surface area is 292 Å². The predicted octanol–water partition coefficient (Wildman–Crippen LogP) is 6.68. The number of hydrogen-bond donors (Lipinski definition) is 3. The molecule has 3 atom stereocenters. The van der Waals surface area contributed by atoms with E-state index in [0.717, 1.165) is 22.9 Å². The van der Waals surface area contributed by atoms with Crippen LogP contribution in [0.25, 0.3) is 5.57 Å². The zero-order valence-corrected chi connectivity index (χ0v) is 29.1. The molecule has 3 unspecified atom stereocenters. The van der Waals surface area contributed by atoms with Crippen molar-refractivity contribution in [3.63, 3.8) is 0 Å². The summed E-state index contributed by atoms with van der Waals surface area (Å²) in [4.78, 5) is 14.9. The van der Waals surface area contributed by atoms with Crippen LogP contribution in [0.1, 0.15) is 42.5 Å². The number of ether oxygens (including phenoxy) is 3. The van der Waals surface area contributed by atoms with E-state index in [2.05, 4.69) is 32.3 Å². The molecule has 3 aromatic rings. The van der Waals surface area contributed by atoms with Crippen molar-refractivity contribution in [2.45, 2.75) is 49.4 Å². The second-order valence-corrected chi connectivity index (χ2v) is 13.4. The Bertz CT molecular complexity index is 1660. The zero-order chi connectivity index (χ0) is 34.1. The van der Waals surface area contributed by atoms with Crippen LogP contribution in [0.2, 0.25) is 5.02 Å². The number of nitrogens with zero attached hydrogens (tertiary/aromatic N) is 2. The number of nitrogens with one attached hydrogen (secondary N) is 1. The van der Waals surface area contributed by atoms with Crippen molar-refractivity contribution in [3.05, 3.63) is 106 Å². The highest BCUT2D eigenvalue weighted by Gasteiger charge is 2.51. The van der Waals surface area contributed by atoms with Gasteiger partial charge in [0.15, 0.2) is 0 Å². The monoisotopic (exact) mass is 743 g/mol. The first-order chi connectivity index (χ1) is 22.5. The van der Waals surface area contributed by atoms with Gasteiger partial charge in [-0.1, -0.05) is 70.0 Å². The molecule has 0 saturated heterocycles. The van der Waals surface area contributed by atoms with Gasteiger partial charge in [-0.15, -0.1) is 11.6 Å². The SMILES string of the molecule is CC(CO)(NCc1cc(Cl)c(OCC2(OCCCBr)C=CC=C(c3ccccc3)C2(C)Cl)cc1OCc1cncc(C#N)c1)C(=O)O. The van der Waals surface area contributed by atoms with Crippen molar-refractivity contribution in [2.24, 2.45) is 0 Å². The van der Waals surface area contributed by atoms with Gasteiger partial charge in [0.25, 0.3) is 0 Å². The first-order valence-corrected chi connectivity index (χ1v) is 16.7. The molecule has 1 aromatic heterocycles. The number of halogens is 3. The van der Waals surface area contributed by atoms with Crippen molar-refractivity contribution in [2.75, 3.05) is 25.2 Å². The summed E-state index contributed by atoms with van der Waals surface area (Å²) >= 11 is 17.6. The Balaban J connectivity index is 1.67. The van der Waals surface area contributed by atoms with Crippen LogP contribution in [0, 0.1) is 11.3 Å². The van der Waals surface area contributed by atoms with Crippen LogP contribution >= 0.6 is 39.1 Å². The molecule has 248 valence electrons. The van der Waals surface area contributed by atoms with Crippen molar-refractivity contribution in [1.82, 2.24) is 10.3 Å². The first-order valence-electron chi connectivity index (χ1n) is 14.8. The number of aromatic nitrogens is 1. The van der Waals surface area contributed by atoms with Gasteiger partial charge in [0.05, 0.1) is 17.2 Å². The predicted molar refractivity (Wildman–Crippen MR) is 185 cm³/mol. The number of benzene rings is 2. The molecule has 47 heavy (non-hydrogen) atoms. The molecular weight excluding hydrogens is 709 g/mol. The van der Waals surface area contributed by atoms with E-state index < -0.39 is 28.6 Å². The number of carbonyl (C=O) groups is 1. The van der Waals surface area contributed by atoms with E-state index >= 15 is 0 Å². The van der Waals surface area contributed by atoms with Gasteiger partial charge < -0.3 is 24.4 Å². The molecule has 2 aromatic carbocycles.